The number of nitrogens with zero attached hydrogens (tertiary/aromatic N) is 5. The Morgan fingerprint density at radius 1 is 1.03 bits per heavy atom. The summed E-state index contributed by atoms with van der Waals surface area (Å²) in [4.78, 5) is 19.1. The molecule has 1 aliphatic rings. The maximum Gasteiger partial charge on any atom is 0.233 e. The van der Waals surface area contributed by atoms with Gasteiger partial charge in [0.15, 0.2) is 11.0 Å². The highest BCUT2D eigenvalue weighted by molar-refractivity contribution is 7.99. The molecular formula is C24H23N5O2S. The minimum absolute atomic E-state index is 0.0334. The van der Waals surface area contributed by atoms with Gasteiger partial charge in [0.25, 0.3) is 0 Å². The highest BCUT2D eigenvalue weighted by atomic mass is 32.2. The van der Waals surface area contributed by atoms with Crippen LogP contribution < -0.4 is 0 Å². The number of carbonyl (C=O) groups excluding carboxylic acids is 1. The van der Waals surface area contributed by atoms with Gasteiger partial charge >= 0.3 is 0 Å². The molecule has 0 aliphatic heterocycles. The van der Waals surface area contributed by atoms with E-state index in [0.717, 1.165) is 40.7 Å². The first-order valence-electron chi connectivity index (χ1n) is 10.6. The van der Waals surface area contributed by atoms with E-state index in [2.05, 4.69) is 19.7 Å². The number of rotatable bonds is 9. The summed E-state index contributed by atoms with van der Waals surface area (Å²) in [5, 5.41) is 9.62. The second-order valence-electron chi connectivity index (χ2n) is 7.75. The highest BCUT2D eigenvalue weighted by Crippen LogP contribution is 2.41. The predicted octanol–water partition coefficient (Wildman–Crippen LogP) is 4.59. The summed E-state index contributed by atoms with van der Waals surface area (Å²) in [5.41, 5.74) is 2.07. The third-order valence-electron chi connectivity index (χ3n) is 5.34. The van der Waals surface area contributed by atoms with Crippen LogP contribution in [0.5, 0.6) is 0 Å². The second-order valence-corrected chi connectivity index (χ2v) is 8.69. The van der Waals surface area contributed by atoms with E-state index >= 15 is 0 Å². The molecule has 3 heterocycles. The lowest BCUT2D eigenvalue weighted by Gasteiger charge is -2.22. The van der Waals surface area contributed by atoms with Crippen molar-refractivity contribution in [2.45, 2.75) is 37.1 Å². The van der Waals surface area contributed by atoms with Crippen LogP contribution in [0.4, 0.5) is 0 Å². The lowest BCUT2D eigenvalue weighted by Crippen LogP contribution is -2.31. The van der Waals surface area contributed by atoms with Crippen LogP contribution in [0.3, 0.4) is 0 Å². The molecule has 0 bridgehead atoms. The molecule has 0 unspecified atom stereocenters. The van der Waals surface area contributed by atoms with Crippen molar-refractivity contribution in [1.29, 1.82) is 0 Å². The molecule has 0 N–H and O–H groups in total. The van der Waals surface area contributed by atoms with Crippen LogP contribution >= 0.6 is 11.8 Å². The number of hydrogen-bond donors (Lipinski definition) is 0. The first-order valence-corrected chi connectivity index (χ1v) is 11.6. The topological polar surface area (TPSA) is 77.1 Å². The fourth-order valence-corrected chi connectivity index (χ4v) is 4.49. The standard InChI is InChI=1S/C24H23N5O2S/c30-22(28(16-21-7-4-14-31-21)15-18-5-2-1-3-6-18)17-32-24-27-26-23(29(24)20-8-9-20)19-10-12-25-13-11-19/h1-7,10-14,20H,8-9,15-17H2. The van der Waals surface area contributed by atoms with Crippen molar-refractivity contribution in [2.24, 2.45) is 0 Å². The van der Waals surface area contributed by atoms with E-state index in [1.807, 2.05) is 59.5 Å². The Morgan fingerprint density at radius 2 is 1.84 bits per heavy atom. The normalized spacial score (nSPS) is 13.2. The molecule has 5 rings (SSSR count). The third kappa shape index (κ3) is 4.75. The van der Waals surface area contributed by atoms with Gasteiger partial charge in [0.1, 0.15) is 5.76 Å². The lowest BCUT2D eigenvalue weighted by atomic mass is 10.2. The zero-order valence-electron chi connectivity index (χ0n) is 17.5. The van der Waals surface area contributed by atoms with E-state index in [9.17, 15) is 4.79 Å². The van der Waals surface area contributed by atoms with Gasteiger partial charge in [-0.3, -0.25) is 14.3 Å². The summed E-state index contributed by atoms with van der Waals surface area (Å²) < 4.78 is 7.66. The largest absolute Gasteiger partial charge is 0.467 e. The first-order chi connectivity index (χ1) is 15.8. The lowest BCUT2D eigenvalue weighted by molar-refractivity contribution is -0.129. The molecule has 1 aliphatic carbocycles. The fourth-order valence-electron chi connectivity index (χ4n) is 3.58. The maximum atomic E-state index is 13.2. The summed E-state index contributed by atoms with van der Waals surface area (Å²) in [6.45, 7) is 0.956. The Morgan fingerprint density at radius 3 is 2.56 bits per heavy atom. The molecule has 8 heteroatoms. The molecule has 1 aromatic carbocycles. The van der Waals surface area contributed by atoms with E-state index in [4.69, 9.17) is 4.42 Å². The molecule has 7 nitrogen and oxygen atoms in total. The molecule has 0 atom stereocenters. The Balaban J connectivity index is 1.32. The average Bonchev–Trinajstić information content (AvgIpc) is 3.37. The molecule has 0 radical (unpaired) electrons. The van der Waals surface area contributed by atoms with Crippen molar-refractivity contribution < 1.29 is 9.21 Å². The highest BCUT2D eigenvalue weighted by Gasteiger charge is 2.30. The van der Waals surface area contributed by atoms with E-state index in [1.165, 1.54) is 11.8 Å². The zero-order valence-corrected chi connectivity index (χ0v) is 18.3. The van der Waals surface area contributed by atoms with Crippen molar-refractivity contribution in [1.82, 2.24) is 24.6 Å². The van der Waals surface area contributed by atoms with E-state index in [1.54, 1.807) is 18.7 Å². The van der Waals surface area contributed by atoms with Crippen LogP contribution in [0, 0.1) is 0 Å². The number of carbonyl (C=O) groups is 1. The molecule has 1 fully saturated rings. The second kappa shape index (κ2) is 9.40. The van der Waals surface area contributed by atoms with Crippen LogP contribution in [0.1, 0.15) is 30.2 Å². The Hall–Kier alpha value is -3.39. The van der Waals surface area contributed by atoms with Crippen molar-refractivity contribution >= 4 is 17.7 Å². The number of amides is 1. The van der Waals surface area contributed by atoms with Gasteiger partial charge in [-0.05, 0) is 42.7 Å². The first kappa shape index (κ1) is 20.5. The Bertz CT molecular complexity index is 1160. The van der Waals surface area contributed by atoms with Crippen LogP contribution in [-0.2, 0) is 17.9 Å². The molecule has 1 amide bonds. The molecular weight excluding hydrogens is 422 g/mol. The number of benzene rings is 1. The molecule has 4 aromatic rings. The zero-order chi connectivity index (χ0) is 21.8. The van der Waals surface area contributed by atoms with Gasteiger partial charge in [0.2, 0.25) is 5.91 Å². The van der Waals surface area contributed by atoms with Crippen LogP contribution in [-0.4, -0.2) is 36.3 Å². The van der Waals surface area contributed by atoms with Gasteiger partial charge in [-0.25, -0.2) is 0 Å². The SMILES string of the molecule is O=C(CSc1nnc(-c2ccncc2)n1C1CC1)N(Cc1ccccc1)Cc1ccco1. The minimum Gasteiger partial charge on any atom is -0.467 e. The molecule has 32 heavy (non-hydrogen) atoms. The fraction of sp³-hybridized carbons (Fsp3) is 0.250. The number of furan rings is 1. The summed E-state index contributed by atoms with van der Waals surface area (Å²) >= 11 is 1.44. The summed E-state index contributed by atoms with van der Waals surface area (Å²) in [7, 11) is 0. The smallest absolute Gasteiger partial charge is 0.233 e. The average molecular weight is 446 g/mol. The molecule has 162 valence electrons. The van der Waals surface area contributed by atoms with Crippen LogP contribution in [0.2, 0.25) is 0 Å². The van der Waals surface area contributed by atoms with Gasteiger partial charge in [0.05, 0.1) is 18.6 Å². The summed E-state index contributed by atoms with van der Waals surface area (Å²) in [6.07, 6.45) is 7.36. The van der Waals surface area contributed by atoms with Gasteiger partial charge < -0.3 is 9.32 Å². The number of pyridine rings is 1. The van der Waals surface area contributed by atoms with Crippen molar-refractivity contribution in [3.05, 3.63) is 84.6 Å². The van der Waals surface area contributed by atoms with Crippen LogP contribution in [0.25, 0.3) is 11.4 Å². The van der Waals surface area contributed by atoms with E-state index in [0.29, 0.717) is 19.1 Å². The molecule has 0 saturated heterocycles. The van der Waals surface area contributed by atoms with Crippen molar-refractivity contribution in [3.63, 3.8) is 0 Å². The van der Waals surface area contributed by atoms with Crippen molar-refractivity contribution in [3.8, 4) is 11.4 Å². The van der Waals surface area contributed by atoms with Gasteiger partial charge in [-0.1, -0.05) is 42.1 Å². The van der Waals surface area contributed by atoms with E-state index in [-0.39, 0.29) is 11.7 Å². The Labute approximate surface area is 190 Å². The van der Waals surface area contributed by atoms with E-state index < -0.39 is 0 Å². The van der Waals surface area contributed by atoms with Crippen LogP contribution in [0.15, 0.2) is 82.8 Å². The minimum atomic E-state index is 0.0334. The Kier molecular flexibility index (Phi) is 6.02. The number of thioether (sulfide) groups is 1. The van der Waals surface area contributed by atoms with Gasteiger partial charge in [0, 0.05) is 30.5 Å². The van der Waals surface area contributed by atoms with Gasteiger partial charge in [-0.2, -0.15) is 0 Å². The molecule has 3 aromatic heterocycles. The summed E-state index contributed by atoms with van der Waals surface area (Å²) in [6, 6.07) is 18.0. The number of hydrogen-bond acceptors (Lipinski definition) is 6. The third-order valence-corrected chi connectivity index (χ3v) is 6.26. The number of aromatic nitrogens is 4. The summed E-state index contributed by atoms with van der Waals surface area (Å²) in [5.74, 6) is 1.92. The monoisotopic (exact) mass is 445 g/mol. The predicted molar refractivity (Wildman–Crippen MR) is 122 cm³/mol. The maximum absolute atomic E-state index is 13.2. The van der Waals surface area contributed by atoms with Gasteiger partial charge in [-0.15, -0.1) is 10.2 Å². The quantitative estimate of drug-likeness (QED) is 0.351. The molecule has 0 spiro atoms. The molecule has 1 saturated carbocycles. The van der Waals surface area contributed by atoms with Crippen molar-refractivity contribution in [2.75, 3.05) is 5.75 Å².